The summed E-state index contributed by atoms with van der Waals surface area (Å²) in [4.78, 5) is 0. The summed E-state index contributed by atoms with van der Waals surface area (Å²) < 4.78 is 38.9. The van der Waals surface area contributed by atoms with Gasteiger partial charge >= 0.3 is 6.18 Å². The summed E-state index contributed by atoms with van der Waals surface area (Å²) in [6, 6.07) is 7.22. The highest BCUT2D eigenvalue weighted by atomic mass is 19.4. The molecule has 0 amide bonds. The van der Waals surface area contributed by atoms with E-state index < -0.39 is 12.7 Å². The summed E-state index contributed by atoms with van der Waals surface area (Å²) in [5.74, 6) is 0. The largest absolute Gasteiger partial charge is 0.406 e. The molecule has 1 aromatic heterocycles. The predicted molar refractivity (Wildman–Crippen MR) is 70.0 cm³/mol. The molecule has 19 heavy (non-hydrogen) atoms. The molecule has 0 saturated carbocycles. The number of aromatic nitrogens is 1. The van der Waals surface area contributed by atoms with Gasteiger partial charge in [0.2, 0.25) is 0 Å². The van der Waals surface area contributed by atoms with Crippen molar-refractivity contribution in [2.75, 3.05) is 0 Å². The summed E-state index contributed by atoms with van der Waals surface area (Å²) in [5, 5.41) is 0.824. The van der Waals surface area contributed by atoms with Gasteiger partial charge < -0.3 is 10.3 Å². The van der Waals surface area contributed by atoms with E-state index in [-0.39, 0.29) is 6.04 Å². The summed E-state index contributed by atoms with van der Waals surface area (Å²) in [6.45, 7) is 1.01. The fourth-order valence-electron chi connectivity index (χ4n) is 2.26. The van der Waals surface area contributed by atoms with Crippen molar-refractivity contribution in [1.82, 2.24) is 4.57 Å². The summed E-state index contributed by atoms with van der Waals surface area (Å²) in [7, 11) is 0. The maximum absolute atomic E-state index is 12.6. The first-order valence-electron chi connectivity index (χ1n) is 6.30. The van der Waals surface area contributed by atoms with E-state index >= 15 is 0 Å². The van der Waals surface area contributed by atoms with E-state index in [1.807, 2.05) is 25.1 Å². The molecule has 0 fully saturated rings. The maximum Gasteiger partial charge on any atom is 0.406 e. The number of rotatable bonds is 4. The molecule has 2 aromatic rings. The van der Waals surface area contributed by atoms with E-state index in [9.17, 15) is 13.2 Å². The average Bonchev–Trinajstić information content (AvgIpc) is 2.71. The summed E-state index contributed by atoms with van der Waals surface area (Å²) in [6.07, 6.45) is -1.34. The minimum atomic E-state index is -4.22. The third-order valence-electron chi connectivity index (χ3n) is 3.23. The molecule has 0 radical (unpaired) electrons. The molecule has 5 heteroatoms. The Hall–Kier alpha value is -1.49. The summed E-state index contributed by atoms with van der Waals surface area (Å²) >= 11 is 0. The van der Waals surface area contributed by atoms with Gasteiger partial charge in [-0.2, -0.15) is 13.2 Å². The second-order valence-electron chi connectivity index (χ2n) is 4.79. The van der Waals surface area contributed by atoms with Crippen molar-refractivity contribution in [3.8, 4) is 0 Å². The average molecular weight is 270 g/mol. The Morgan fingerprint density at radius 2 is 2.00 bits per heavy atom. The molecule has 2 nitrogen and oxygen atoms in total. The molecule has 0 aliphatic rings. The number of halogens is 3. The molecule has 0 aliphatic carbocycles. The number of hydrogen-bond acceptors (Lipinski definition) is 1. The first kappa shape index (κ1) is 13.9. The monoisotopic (exact) mass is 270 g/mol. The molecule has 1 aromatic carbocycles. The van der Waals surface area contributed by atoms with Crippen LogP contribution < -0.4 is 5.73 Å². The lowest BCUT2D eigenvalue weighted by molar-refractivity contribution is -0.139. The van der Waals surface area contributed by atoms with Gasteiger partial charge in [0, 0.05) is 12.2 Å². The van der Waals surface area contributed by atoms with Gasteiger partial charge in [0.1, 0.15) is 6.54 Å². The molecule has 0 aliphatic heterocycles. The predicted octanol–water partition coefficient (Wildman–Crippen LogP) is 3.48. The van der Waals surface area contributed by atoms with Crippen LogP contribution in [0.25, 0.3) is 10.9 Å². The van der Waals surface area contributed by atoms with Crippen LogP contribution in [0.2, 0.25) is 0 Å². The van der Waals surface area contributed by atoms with Crippen LogP contribution in [0.1, 0.15) is 18.9 Å². The number of alkyl halides is 3. The first-order chi connectivity index (χ1) is 8.90. The van der Waals surface area contributed by atoms with Crippen LogP contribution >= 0.6 is 0 Å². The van der Waals surface area contributed by atoms with Gasteiger partial charge in [-0.1, -0.05) is 25.1 Å². The lowest BCUT2D eigenvalue weighted by Gasteiger charge is -2.14. The number of nitrogens with zero attached hydrogens (tertiary/aromatic N) is 1. The van der Waals surface area contributed by atoms with Gasteiger partial charge in [0.05, 0.1) is 5.52 Å². The summed E-state index contributed by atoms with van der Waals surface area (Å²) in [5.41, 5.74) is 7.43. The fourth-order valence-corrected chi connectivity index (χ4v) is 2.26. The Balaban J connectivity index is 2.43. The Labute approximate surface area is 110 Å². The van der Waals surface area contributed by atoms with Gasteiger partial charge in [-0.25, -0.2) is 0 Å². The number of hydrogen-bond donors (Lipinski definition) is 1. The van der Waals surface area contributed by atoms with Crippen molar-refractivity contribution >= 4 is 10.9 Å². The van der Waals surface area contributed by atoms with Crippen LogP contribution in [-0.2, 0) is 13.0 Å². The van der Waals surface area contributed by atoms with E-state index in [4.69, 9.17) is 5.73 Å². The maximum atomic E-state index is 12.6. The van der Waals surface area contributed by atoms with Crippen molar-refractivity contribution < 1.29 is 13.2 Å². The standard InChI is InChI=1S/C14H17F3N2/c1-2-12(18)8-11-5-3-4-10-6-7-19(13(10)11)9-14(15,16)17/h3-7,12H,2,8-9,18H2,1H3. The zero-order valence-electron chi connectivity index (χ0n) is 10.7. The highest BCUT2D eigenvalue weighted by Gasteiger charge is 2.28. The first-order valence-corrected chi connectivity index (χ1v) is 6.30. The topological polar surface area (TPSA) is 30.9 Å². The minimum Gasteiger partial charge on any atom is -0.338 e. The van der Waals surface area contributed by atoms with E-state index in [1.165, 1.54) is 10.8 Å². The normalized spacial score (nSPS) is 13.9. The van der Waals surface area contributed by atoms with Crippen molar-refractivity contribution in [2.24, 2.45) is 5.73 Å². The highest BCUT2D eigenvalue weighted by molar-refractivity contribution is 5.83. The van der Waals surface area contributed by atoms with Gasteiger partial charge in [0.15, 0.2) is 0 Å². The quantitative estimate of drug-likeness (QED) is 0.906. The van der Waals surface area contributed by atoms with Gasteiger partial charge in [-0.05, 0) is 29.9 Å². The third-order valence-corrected chi connectivity index (χ3v) is 3.23. The molecule has 1 heterocycles. The second-order valence-corrected chi connectivity index (χ2v) is 4.79. The Kier molecular flexibility index (Phi) is 3.85. The molecule has 104 valence electrons. The number of para-hydroxylation sites is 1. The van der Waals surface area contributed by atoms with Gasteiger partial charge in [-0.15, -0.1) is 0 Å². The second kappa shape index (κ2) is 5.25. The Morgan fingerprint density at radius 3 is 2.63 bits per heavy atom. The molecule has 1 atom stereocenters. The molecule has 2 rings (SSSR count). The minimum absolute atomic E-state index is 0.0279. The van der Waals surface area contributed by atoms with Crippen molar-refractivity contribution in [3.63, 3.8) is 0 Å². The van der Waals surface area contributed by atoms with Crippen LogP contribution in [0.3, 0.4) is 0 Å². The van der Waals surface area contributed by atoms with Gasteiger partial charge in [0.25, 0.3) is 0 Å². The van der Waals surface area contributed by atoms with Crippen molar-refractivity contribution in [3.05, 3.63) is 36.0 Å². The highest BCUT2D eigenvalue weighted by Crippen LogP contribution is 2.26. The SMILES string of the molecule is CCC(N)Cc1cccc2ccn(CC(F)(F)F)c12. The van der Waals surface area contributed by atoms with Crippen molar-refractivity contribution in [2.45, 2.75) is 38.5 Å². The van der Waals surface area contributed by atoms with E-state index in [1.54, 1.807) is 6.07 Å². The lowest BCUT2D eigenvalue weighted by Crippen LogP contribution is -2.22. The van der Waals surface area contributed by atoms with Crippen LogP contribution in [-0.4, -0.2) is 16.8 Å². The molecule has 1 unspecified atom stereocenters. The van der Waals surface area contributed by atoms with Crippen LogP contribution in [0.4, 0.5) is 13.2 Å². The Morgan fingerprint density at radius 1 is 1.26 bits per heavy atom. The lowest BCUT2D eigenvalue weighted by atomic mass is 10.0. The number of nitrogens with two attached hydrogens (primary N) is 1. The molecular weight excluding hydrogens is 253 g/mol. The molecule has 0 saturated heterocycles. The van der Waals surface area contributed by atoms with Crippen molar-refractivity contribution in [1.29, 1.82) is 0 Å². The molecule has 2 N–H and O–H groups in total. The molecule has 0 spiro atoms. The number of benzene rings is 1. The fraction of sp³-hybridized carbons (Fsp3) is 0.429. The molecule has 0 bridgehead atoms. The smallest absolute Gasteiger partial charge is 0.338 e. The van der Waals surface area contributed by atoms with E-state index in [2.05, 4.69) is 0 Å². The zero-order chi connectivity index (χ0) is 14.0. The van der Waals surface area contributed by atoms with E-state index in [0.717, 1.165) is 17.4 Å². The Bertz CT molecular complexity index is 557. The number of fused-ring (bicyclic) bond motifs is 1. The van der Waals surface area contributed by atoms with Crippen LogP contribution in [0.15, 0.2) is 30.5 Å². The van der Waals surface area contributed by atoms with Crippen LogP contribution in [0.5, 0.6) is 0 Å². The van der Waals surface area contributed by atoms with Gasteiger partial charge in [-0.3, -0.25) is 0 Å². The van der Waals surface area contributed by atoms with Crippen LogP contribution in [0, 0.1) is 0 Å². The third kappa shape index (κ3) is 3.29. The molecular formula is C14H17F3N2. The van der Waals surface area contributed by atoms with E-state index in [0.29, 0.717) is 11.9 Å². The zero-order valence-corrected chi connectivity index (χ0v) is 10.7.